The van der Waals surface area contributed by atoms with Crippen molar-refractivity contribution < 1.29 is 15.0 Å². The largest absolute Gasteiger partial charge is 0.480 e. The first kappa shape index (κ1) is 13.4. The summed E-state index contributed by atoms with van der Waals surface area (Å²) in [7, 11) is 0. The maximum absolute atomic E-state index is 10.8. The number of carbonyl (C=O) groups is 1. The van der Waals surface area contributed by atoms with Crippen molar-refractivity contribution in [3.05, 3.63) is 20.8 Å². The first-order valence-corrected chi connectivity index (χ1v) is 6.00. The topological polar surface area (TPSA) is 69.6 Å². The molecule has 6 heteroatoms. The second kappa shape index (κ2) is 5.63. The number of carboxylic acid groups (broad SMARTS) is 1. The van der Waals surface area contributed by atoms with Crippen LogP contribution in [0.2, 0.25) is 4.34 Å². The van der Waals surface area contributed by atoms with Gasteiger partial charge in [0.1, 0.15) is 6.04 Å². The van der Waals surface area contributed by atoms with Crippen LogP contribution >= 0.6 is 22.9 Å². The van der Waals surface area contributed by atoms with Gasteiger partial charge in [-0.2, -0.15) is 0 Å². The van der Waals surface area contributed by atoms with Crippen molar-refractivity contribution in [3.63, 3.8) is 0 Å². The van der Waals surface area contributed by atoms with Crippen molar-refractivity contribution in [2.24, 2.45) is 0 Å². The Morgan fingerprint density at radius 1 is 1.69 bits per heavy atom. The van der Waals surface area contributed by atoms with Crippen molar-refractivity contribution in [1.82, 2.24) is 5.32 Å². The van der Waals surface area contributed by atoms with Crippen molar-refractivity contribution in [2.45, 2.75) is 32.5 Å². The van der Waals surface area contributed by atoms with E-state index in [1.807, 2.05) is 13.0 Å². The van der Waals surface area contributed by atoms with Crippen LogP contribution < -0.4 is 5.32 Å². The summed E-state index contributed by atoms with van der Waals surface area (Å²) in [5.41, 5.74) is 0.979. The SMILES string of the molecule is Cc1cc(CN[C@@H](C(=O)O)[C@@H](C)O)sc1Cl. The third-order valence-electron chi connectivity index (χ3n) is 2.15. The second-order valence-electron chi connectivity index (χ2n) is 3.61. The molecule has 0 spiro atoms. The van der Waals surface area contributed by atoms with Crippen molar-refractivity contribution in [2.75, 3.05) is 0 Å². The molecule has 4 nitrogen and oxygen atoms in total. The summed E-state index contributed by atoms with van der Waals surface area (Å²) in [4.78, 5) is 11.7. The second-order valence-corrected chi connectivity index (χ2v) is 5.35. The lowest BCUT2D eigenvalue weighted by Gasteiger charge is -2.16. The Morgan fingerprint density at radius 3 is 2.69 bits per heavy atom. The van der Waals surface area contributed by atoms with Gasteiger partial charge >= 0.3 is 5.97 Å². The van der Waals surface area contributed by atoms with E-state index in [1.54, 1.807) is 0 Å². The van der Waals surface area contributed by atoms with Crippen LogP contribution in [0.25, 0.3) is 0 Å². The zero-order chi connectivity index (χ0) is 12.3. The Kier molecular flexibility index (Phi) is 4.73. The van der Waals surface area contributed by atoms with E-state index in [0.29, 0.717) is 10.9 Å². The molecule has 1 heterocycles. The molecule has 0 aliphatic heterocycles. The summed E-state index contributed by atoms with van der Waals surface area (Å²) in [6, 6.07) is 0.946. The number of aliphatic carboxylic acids is 1. The number of thiophene rings is 1. The maximum atomic E-state index is 10.8. The number of hydrogen-bond acceptors (Lipinski definition) is 4. The van der Waals surface area contributed by atoms with Gasteiger partial charge in [-0.1, -0.05) is 11.6 Å². The molecule has 0 radical (unpaired) electrons. The highest BCUT2D eigenvalue weighted by Crippen LogP contribution is 2.26. The molecular formula is C10H14ClNO3S. The van der Waals surface area contributed by atoms with Gasteiger partial charge < -0.3 is 10.2 Å². The molecule has 0 amide bonds. The molecule has 90 valence electrons. The smallest absolute Gasteiger partial charge is 0.323 e. The molecule has 0 saturated heterocycles. The first-order chi connectivity index (χ1) is 7.41. The first-order valence-electron chi connectivity index (χ1n) is 4.81. The molecule has 0 unspecified atom stereocenters. The maximum Gasteiger partial charge on any atom is 0.323 e. The van der Waals surface area contributed by atoms with Gasteiger partial charge in [-0.25, -0.2) is 0 Å². The van der Waals surface area contributed by atoms with Crippen LogP contribution in [0.15, 0.2) is 6.07 Å². The van der Waals surface area contributed by atoms with E-state index in [1.165, 1.54) is 18.3 Å². The molecule has 0 fully saturated rings. The van der Waals surface area contributed by atoms with Crippen molar-refractivity contribution in [3.8, 4) is 0 Å². The summed E-state index contributed by atoms with van der Waals surface area (Å²) in [6.07, 6.45) is -0.936. The normalized spacial score (nSPS) is 14.8. The standard InChI is InChI=1S/C10H14ClNO3S/c1-5-3-7(16-9(5)11)4-12-8(6(2)13)10(14)15/h3,6,8,12-13H,4H2,1-2H3,(H,14,15)/t6-,8-/m1/s1. The number of carboxylic acids is 1. The molecule has 1 rings (SSSR count). The van der Waals surface area contributed by atoms with E-state index in [0.717, 1.165) is 10.4 Å². The van der Waals surface area contributed by atoms with Gasteiger partial charge in [-0.15, -0.1) is 11.3 Å². The highest BCUT2D eigenvalue weighted by atomic mass is 35.5. The number of halogens is 1. The minimum absolute atomic E-state index is 0.389. The predicted octanol–water partition coefficient (Wildman–Crippen LogP) is 1.63. The van der Waals surface area contributed by atoms with Gasteiger partial charge in [0.25, 0.3) is 0 Å². The molecule has 0 aromatic carbocycles. The van der Waals surface area contributed by atoms with Gasteiger partial charge in [0.15, 0.2) is 0 Å². The zero-order valence-corrected chi connectivity index (χ0v) is 10.6. The van der Waals surface area contributed by atoms with E-state index >= 15 is 0 Å². The Hall–Kier alpha value is -0.620. The average molecular weight is 264 g/mol. The number of aryl methyl sites for hydroxylation is 1. The van der Waals surface area contributed by atoms with Crippen LogP contribution in [-0.2, 0) is 11.3 Å². The van der Waals surface area contributed by atoms with Crippen molar-refractivity contribution >= 4 is 28.9 Å². The molecule has 0 aliphatic rings. The molecule has 0 saturated carbocycles. The summed E-state index contributed by atoms with van der Waals surface area (Å²) in [6.45, 7) is 3.73. The molecule has 0 bridgehead atoms. The number of rotatable bonds is 5. The highest BCUT2D eigenvalue weighted by Gasteiger charge is 2.22. The quantitative estimate of drug-likeness (QED) is 0.755. The number of hydrogen-bond donors (Lipinski definition) is 3. The molecule has 0 aliphatic carbocycles. The van der Waals surface area contributed by atoms with Crippen LogP contribution in [0.1, 0.15) is 17.4 Å². The minimum atomic E-state index is -1.06. The molecule has 1 aromatic heterocycles. The van der Waals surface area contributed by atoms with E-state index in [4.69, 9.17) is 16.7 Å². The summed E-state index contributed by atoms with van der Waals surface area (Å²) in [5, 5.41) is 20.9. The lowest BCUT2D eigenvalue weighted by Crippen LogP contribution is -2.44. The fourth-order valence-electron chi connectivity index (χ4n) is 1.29. The molecule has 16 heavy (non-hydrogen) atoms. The van der Waals surface area contributed by atoms with Crippen LogP contribution in [-0.4, -0.2) is 28.3 Å². The zero-order valence-electron chi connectivity index (χ0n) is 9.03. The van der Waals surface area contributed by atoms with Gasteiger partial charge in [-0.05, 0) is 25.5 Å². The molecular weight excluding hydrogens is 250 g/mol. The lowest BCUT2D eigenvalue weighted by molar-refractivity contribution is -0.142. The average Bonchev–Trinajstić information content (AvgIpc) is 2.45. The minimum Gasteiger partial charge on any atom is -0.480 e. The van der Waals surface area contributed by atoms with E-state index in [2.05, 4.69) is 5.32 Å². The Bertz CT molecular complexity index is 359. The van der Waals surface area contributed by atoms with Crippen molar-refractivity contribution in [1.29, 1.82) is 0 Å². The fourth-order valence-corrected chi connectivity index (χ4v) is 2.48. The van der Waals surface area contributed by atoms with Gasteiger partial charge in [0.05, 0.1) is 10.4 Å². The fraction of sp³-hybridized carbons (Fsp3) is 0.500. The van der Waals surface area contributed by atoms with E-state index in [9.17, 15) is 9.90 Å². The summed E-state index contributed by atoms with van der Waals surface area (Å²) < 4.78 is 0.709. The van der Waals surface area contributed by atoms with Gasteiger partial charge in [0, 0.05) is 11.4 Å². The number of aliphatic hydroxyl groups is 1. The van der Waals surface area contributed by atoms with Gasteiger partial charge in [-0.3, -0.25) is 10.1 Å². The monoisotopic (exact) mass is 263 g/mol. The summed E-state index contributed by atoms with van der Waals surface area (Å²) in [5.74, 6) is -1.06. The molecule has 1 aromatic rings. The Labute approximate surface area is 103 Å². The third-order valence-corrected chi connectivity index (χ3v) is 3.71. The van der Waals surface area contributed by atoms with Crippen LogP contribution in [0.4, 0.5) is 0 Å². The predicted molar refractivity (Wildman–Crippen MR) is 64.0 cm³/mol. The van der Waals surface area contributed by atoms with Gasteiger partial charge in [0.2, 0.25) is 0 Å². The van der Waals surface area contributed by atoms with Crippen LogP contribution in [0, 0.1) is 6.92 Å². The Morgan fingerprint density at radius 2 is 2.31 bits per heavy atom. The van der Waals surface area contributed by atoms with E-state index in [-0.39, 0.29) is 0 Å². The van der Waals surface area contributed by atoms with Crippen LogP contribution in [0.3, 0.4) is 0 Å². The van der Waals surface area contributed by atoms with Crippen LogP contribution in [0.5, 0.6) is 0 Å². The van der Waals surface area contributed by atoms with E-state index < -0.39 is 18.1 Å². The molecule has 2 atom stereocenters. The number of aliphatic hydroxyl groups excluding tert-OH is 1. The third kappa shape index (κ3) is 3.45. The molecule has 3 N–H and O–H groups in total. The lowest BCUT2D eigenvalue weighted by atomic mass is 10.2. The highest BCUT2D eigenvalue weighted by molar-refractivity contribution is 7.16. The Balaban J connectivity index is 2.59. The number of nitrogens with one attached hydrogen (secondary N) is 1. The summed E-state index contributed by atoms with van der Waals surface area (Å²) >= 11 is 7.30.